The Labute approximate surface area is 167 Å². The Hall–Kier alpha value is -3.07. The summed E-state index contributed by atoms with van der Waals surface area (Å²) in [7, 11) is 3.20. The minimum Gasteiger partial charge on any atom is -0.497 e. The van der Waals surface area contributed by atoms with E-state index in [0.29, 0.717) is 22.5 Å². The molecule has 0 saturated heterocycles. The van der Waals surface area contributed by atoms with Crippen LogP contribution >= 0.6 is 11.8 Å². The van der Waals surface area contributed by atoms with Crippen LogP contribution in [0.3, 0.4) is 0 Å². The van der Waals surface area contributed by atoms with Crippen LogP contribution in [0.4, 0.5) is 0 Å². The maximum absolute atomic E-state index is 12.4. The molecule has 1 aromatic carbocycles. The van der Waals surface area contributed by atoms with Gasteiger partial charge in [-0.15, -0.1) is 5.10 Å². The van der Waals surface area contributed by atoms with Gasteiger partial charge < -0.3 is 14.8 Å². The fourth-order valence-corrected chi connectivity index (χ4v) is 3.23. The van der Waals surface area contributed by atoms with E-state index < -0.39 is 0 Å². The summed E-state index contributed by atoms with van der Waals surface area (Å²) in [6.07, 6.45) is 3.37. The number of carbonyl (C=O) groups is 1. The summed E-state index contributed by atoms with van der Waals surface area (Å²) in [6, 6.07) is 8.93. The fourth-order valence-electron chi connectivity index (χ4n) is 2.62. The lowest BCUT2D eigenvalue weighted by molar-refractivity contribution is -0.119. The van der Waals surface area contributed by atoms with Gasteiger partial charge in [-0.25, -0.2) is 4.98 Å². The molecule has 2 N–H and O–H groups in total. The Morgan fingerprint density at radius 3 is 2.71 bits per heavy atom. The smallest absolute Gasteiger partial charge is 0.230 e. The van der Waals surface area contributed by atoms with Gasteiger partial charge in [-0.2, -0.15) is 0 Å². The molecular weight excluding hydrogens is 378 g/mol. The second-order valence-corrected chi connectivity index (χ2v) is 6.83. The maximum Gasteiger partial charge on any atom is 0.230 e. The van der Waals surface area contributed by atoms with E-state index in [1.807, 2.05) is 37.3 Å². The van der Waals surface area contributed by atoms with Gasteiger partial charge in [0.15, 0.2) is 5.82 Å². The molecule has 2 heterocycles. The summed E-state index contributed by atoms with van der Waals surface area (Å²) in [5.41, 5.74) is 1.73. The van der Waals surface area contributed by atoms with Crippen LogP contribution in [-0.4, -0.2) is 46.0 Å². The number of hydrogen-bond acceptors (Lipinski definition) is 7. The quantitative estimate of drug-likeness (QED) is 0.562. The number of methoxy groups -OCH3 is 2. The molecule has 0 aliphatic rings. The molecule has 146 valence electrons. The van der Waals surface area contributed by atoms with Gasteiger partial charge >= 0.3 is 0 Å². The van der Waals surface area contributed by atoms with E-state index >= 15 is 0 Å². The highest BCUT2D eigenvalue weighted by Gasteiger charge is 2.16. The van der Waals surface area contributed by atoms with Crippen molar-refractivity contribution in [2.45, 2.75) is 18.1 Å². The van der Waals surface area contributed by atoms with Crippen LogP contribution in [0.2, 0.25) is 0 Å². The number of ether oxygens (including phenoxy) is 2. The Morgan fingerprint density at radius 1 is 1.21 bits per heavy atom. The van der Waals surface area contributed by atoms with Gasteiger partial charge in [0.1, 0.15) is 11.5 Å². The minimum absolute atomic E-state index is 0.127. The van der Waals surface area contributed by atoms with Gasteiger partial charge in [0.05, 0.1) is 26.0 Å². The number of thioether (sulfide) groups is 1. The number of nitrogens with zero attached hydrogens (tertiary/aromatic N) is 3. The van der Waals surface area contributed by atoms with Gasteiger partial charge in [-0.05, 0) is 37.3 Å². The predicted molar refractivity (Wildman–Crippen MR) is 106 cm³/mol. The first-order chi connectivity index (χ1) is 13.6. The molecule has 0 saturated carbocycles. The molecule has 0 fully saturated rings. The number of amides is 1. The van der Waals surface area contributed by atoms with Crippen molar-refractivity contribution in [3.05, 3.63) is 48.3 Å². The van der Waals surface area contributed by atoms with Crippen LogP contribution in [0.5, 0.6) is 11.5 Å². The summed E-state index contributed by atoms with van der Waals surface area (Å²) in [5, 5.41) is 10.5. The highest BCUT2D eigenvalue weighted by atomic mass is 32.2. The minimum atomic E-state index is -0.238. The first-order valence-corrected chi connectivity index (χ1v) is 9.56. The number of carbonyl (C=O) groups excluding carboxylic acids is 1. The first-order valence-electron chi connectivity index (χ1n) is 8.57. The average Bonchev–Trinajstić information content (AvgIpc) is 3.21. The van der Waals surface area contributed by atoms with Gasteiger partial charge in [-0.1, -0.05) is 11.8 Å². The van der Waals surface area contributed by atoms with Crippen molar-refractivity contribution in [3.63, 3.8) is 0 Å². The van der Waals surface area contributed by atoms with Crippen LogP contribution in [0.1, 0.15) is 18.5 Å². The fraction of sp³-hybridized carbons (Fsp3) is 0.263. The molecule has 0 unspecified atom stereocenters. The Morgan fingerprint density at radius 2 is 2.00 bits per heavy atom. The SMILES string of the molecule is COc1ccc(OC)c([C@@H](C)NC(=O)CSc2n[nH]c(-c3ccncc3)n2)c1. The van der Waals surface area contributed by atoms with E-state index in [0.717, 1.165) is 11.1 Å². The number of benzene rings is 1. The lowest BCUT2D eigenvalue weighted by atomic mass is 10.1. The zero-order chi connectivity index (χ0) is 19.9. The second-order valence-electron chi connectivity index (χ2n) is 5.89. The standard InChI is InChI=1S/C19H21N5O3S/c1-12(15-10-14(26-2)4-5-16(15)27-3)21-17(25)11-28-19-22-18(23-24-19)13-6-8-20-9-7-13/h4-10,12H,11H2,1-3H3,(H,21,25)(H,22,23,24)/t12-/m1/s1. The molecule has 8 nitrogen and oxygen atoms in total. The molecule has 3 rings (SSSR count). The topological polar surface area (TPSA) is 102 Å². The number of nitrogens with one attached hydrogen (secondary N) is 2. The number of hydrogen-bond donors (Lipinski definition) is 2. The van der Waals surface area contributed by atoms with Crippen LogP contribution in [0, 0.1) is 0 Å². The number of rotatable bonds is 8. The molecule has 2 aromatic heterocycles. The molecule has 0 spiro atoms. The average molecular weight is 399 g/mol. The molecule has 3 aromatic rings. The molecule has 1 amide bonds. The van der Waals surface area contributed by atoms with E-state index in [1.165, 1.54) is 11.8 Å². The third-order valence-corrected chi connectivity index (χ3v) is 4.88. The van der Waals surface area contributed by atoms with E-state index in [9.17, 15) is 4.79 Å². The summed E-state index contributed by atoms with van der Waals surface area (Å²) in [4.78, 5) is 20.7. The van der Waals surface area contributed by atoms with E-state index in [-0.39, 0.29) is 17.7 Å². The number of pyridine rings is 1. The van der Waals surface area contributed by atoms with Crippen molar-refractivity contribution < 1.29 is 14.3 Å². The van der Waals surface area contributed by atoms with Crippen LogP contribution in [-0.2, 0) is 4.79 Å². The highest BCUT2D eigenvalue weighted by Crippen LogP contribution is 2.29. The summed E-state index contributed by atoms with van der Waals surface area (Å²) < 4.78 is 10.6. The van der Waals surface area contributed by atoms with Crippen molar-refractivity contribution in [2.24, 2.45) is 0 Å². The Kier molecular flexibility index (Phi) is 6.49. The van der Waals surface area contributed by atoms with Gasteiger partial charge in [-0.3, -0.25) is 14.9 Å². The largest absolute Gasteiger partial charge is 0.497 e. The highest BCUT2D eigenvalue weighted by molar-refractivity contribution is 7.99. The van der Waals surface area contributed by atoms with E-state index in [4.69, 9.17) is 9.47 Å². The van der Waals surface area contributed by atoms with Crippen molar-refractivity contribution in [1.82, 2.24) is 25.5 Å². The number of aromatic nitrogens is 4. The second kappa shape index (κ2) is 9.23. The summed E-state index contributed by atoms with van der Waals surface area (Å²) in [6.45, 7) is 1.90. The lowest BCUT2D eigenvalue weighted by Crippen LogP contribution is -2.28. The van der Waals surface area contributed by atoms with Gasteiger partial charge in [0.25, 0.3) is 0 Å². The maximum atomic E-state index is 12.4. The third kappa shape index (κ3) is 4.80. The summed E-state index contributed by atoms with van der Waals surface area (Å²) in [5.74, 6) is 2.11. The normalized spacial score (nSPS) is 11.7. The van der Waals surface area contributed by atoms with E-state index in [1.54, 1.807) is 26.6 Å². The zero-order valence-electron chi connectivity index (χ0n) is 15.8. The molecule has 0 aliphatic heterocycles. The molecule has 1 atom stereocenters. The van der Waals surface area contributed by atoms with Crippen molar-refractivity contribution in [3.8, 4) is 22.9 Å². The molecule has 0 aliphatic carbocycles. The van der Waals surface area contributed by atoms with Crippen molar-refractivity contribution >= 4 is 17.7 Å². The van der Waals surface area contributed by atoms with E-state index in [2.05, 4.69) is 25.5 Å². The van der Waals surface area contributed by atoms with Crippen molar-refractivity contribution in [1.29, 1.82) is 0 Å². The third-order valence-electron chi connectivity index (χ3n) is 4.03. The lowest BCUT2D eigenvalue weighted by Gasteiger charge is -2.18. The molecule has 0 radical (unpaired) electrons. The number of aromatic amines is 1. The van der Waals surface area contributed by atoms with Crippen LogP contribution < -0.4 is 14.8 Å². The van der Waals surface area contributed by atoms with Gasteiger partial charge in [0, 0.05) is 23.5 Å². The molecule has 28 heavy (non-hydrogen) atoms. The Balaban J connectivity index is 1.58. The molecule has 0 bridgehead atoms. The Bertz CT molecular complexity index is 932. The summed E-state index contributed by atoms with van der Waals surface area (Å²) >= 11 is 1.26. The number of H-pyrrole nitrogens is 1. The molecule has 9 heteroatoms. The first kappa shape index (κ1) is 19.7. The zero-order valence-corrected chi connectivity index (χ0v) is 16.6. The monoisotopic (exact) mass is 399 g/mol. The van der Waals surface area contributed by atoms with Crippen LogP contribution in [0.25, 0.3) is 11.4 Å². The predicted octanol–water partition coefficient (Wildman–Crippen LogP) is 2.85. The van der Waals surface area contributed by atoms with Crippen molar-refractivity contribution in [2.75, 3.05) is 20.0 Å². The molecular formula is C19H21N5O3S. The van der Waals surface area contributed by atoms with Gasteiger partial charge in [0.2, 0.25) is 11.1 Å². The van der Waals surface area contributed by atoms with Crippen LogP contribution in [0.15, 0.2) is 47.9 Å².